The average molecular weight is 575 g/mol. The van der Waals surface area contributed by atoms with Gasteiger partial charge in [-0.3, -0.25) is 15.0 Å². The number of benzene rings is 2. The highest BCUT2D eigenvalue weighted by Crippen LogP contribution is 2.20. The zero-order valence-corrected chi connectivity index (χ0v) is 23.5. The minimum absolute atomic E-state index is 0.0330. The lowest BCUT2D eigenvalue weighted by atomic mass is 9.98. The standard InChI is InChI=1S/C27H38N6O6S/c1-17(2)12-23(26(36)37)31-25(35)22(14-24(34)30-15-18-6-5-11-33(16-18)27(28)29)32-40(38,39)21-10-9-19-7-3-4-8-20(19)13-21/h3-4,7-10,13,17-18,22-23,32H,5-6,11-12,14-16H2,1-2H3,(H3,28,29)(H,30,34)(H,31,35)(H,36,37)/t18?,22-,23-/m0/s1. The first kappa shape index (κ1) is 30.8. The van der Waals surface area contributed by atoms with E-state index in [0.717, 1.165) is 18.2 Å². The van der Waals surface area contributed by atoms with E-state index >= 15 is 0 Å². The lowest BCUT2D eigenvalue weighted by molar-refractivity contribution is -0.142. The number of amides is 2. The maximum Gasteiger partial charge on any atom is 0.326 e. The lowest BCUT2D eigenvalue weighted by Gasteiger charge is -2.33. The van der Waals surface area contributed by atoms with E-state index in [2.05, 4.69) is 15.4 Å². The van der Waals surface area contributed by atoms with Gasteiger partial charge in [-0.15, -0.1) is 0 Å². The van der Waals surface area contributed by atoms with Crippen LogP contribution in [0.3, 0.4) is 0 Å². The molecular weight excluding hydrogens is 536 g/mol. The number of fused-ring (bicyclic) bond motifs is 1. The second kappa shape index (κ2) is 13.6. The Morgan fingerprint density at radius 1 is 1.12 bits per heavy atom. The van der Waals surface area contributed by atoms with Gasteiger partial charge in [0.05, 0.1) is 11.3 Å². The number of guanidine groups is 1. The summed E-state index contributed by atoms with van der Waals surface area (Å²) in [5.41, 5.74) is 5.58. The van der Waals surface area contributed by atoms with E-state index in [4.69, 9.17) is 11.1 Å². The number of carbonyl (C=O) groups excluding carboxylic acids is 2. The molecule has 40 heavy (non-hydrogen) atoms. The van der Waals surface area contributed by atoms with Crippen molar-refractivity contribution in [3.8, 4) is 0 Å². The van der Waals surface area contributed by atoms with E-state index in [-0.39, 0.29) is 35.7 Å². The summed E-state index contributed by atoms with van der Waals surface area (Å²) < 4.78 is 28.9. The summed E-state index contributed by atoms with van der Waals surface area (Å²) in [7, 11) is -4.26. The molecule has 0 saturated carbocycles. The molecule has 0 aromatic heterocycles. The SMILES string of the molecule is CC(C)C[C@H](NC(=O)[C@H](CC(=O)NCC1CCCN(C(=N)N)C1)NS(=O)(=O)c1ccc2ccccc2c1)C(=O)O. The monoisotopic (exact) mass is 574 g/mol. The van der Waals surface area contributed by atoms with Crippen molar-refractivity contribution in [2.75, 3.05) is 19.6 Å². The molecule has 3 atom stereocenters. The van der Waals surface area contributed by atoms with E-state index in [9.17, 15) is 27.9 Å². The molecule has 1 aliphatic rings. The first-order chi connectivity index (χ1) is 18.9. The van der Waals surface area contributed by atoms with Crippen molar-refractivity contribution in [1.29, 1.82) is 5.41 Å². The largest absolute Gasteiger partial charge is 0.480 e. The molecular formula is C27H38N6O6S. The van der Waals surface area contributed by atoms with Crippen LogP contribution in [0.2, 0.25) is 0 Å². The van der Waals surface area contributed by atoms with Gasteiger partial charge in [-0.05, 0) is 54.0 Å². The number of carbonyl (C=O) groups is 3. The van der Waals surface area contributed by atoms with Gasteiger partial charge in [0.1, 0.15) is 12.1 Å². The van der Waals surface area contributed by atoms with Crippen molar-refractivity contribution >= 4 is 44.5 Å². The molecule has 7 N–H and O–H groups in total. The third-order valence-corrected chi connectivity index (χ3v) is 8.27. The predicted molar refractivity (Wildman–Crippen MR) is 151 cm³/mol. The smallest absolute Gasteiger partial charge is 0.326 e. The zero-order chi connectivity index (χ0) is 29.4. The average Bonchev–Trinajstić information content (AvgIpc) is 2.90. The van der Waals surface area contributed by atoms with Crippen LogP contribution in [0.15, 0.2) is 47.4 Å². The number of nitrogens with one attached hydrogen (secondary N) is 4. The molecule has 1 aliphatic heterocycles. The van der Waals surface area contributed by atoms with Gasteiger partial charge >= 0.3 is 5.97 Å². The predicted octanol–water partition coefficient (Wildman–Crippen LogP) is 1.21. The maximum absolute atomic E-state index is 13.3. The minimum Gasteiger partial charge on any atom is -0.480 e. The molecule has 2 aromatic carbocycles. The Kier molecular flexibility index (Phi) is 10.5. The Hall–Kier alpha value is -3.71. The van der Waals surface area contributed by atoms with Crippen LogP contribution in [0.4, 0.5) is 0 Å². The molecule has 12 nitrogen and oxygen atoms in total. The van der Waals surface area contributed by atoms with Crippen LogP contribution in [-0.4, -0.2) is 73.9 Å². The van der Waals surface area contributed by atoms with E-state index in [1.165, 1.54) is 12.1 Å². The number of carboxylic acid groups (broad SMARTS) is 1. The molecule has 218 valence electrons. The number of likely N-dealkylation sites (tertiary alicyclic amines) is 1. The Morgan fingerprint density at radius 2 is 1.82 bits per heavy atom. The van der Waals surface area contributed by atoms with Crippen LogP contribution < -0.4 is 21.1 Å². The highest BCUT2D eigenvalue weighted by Gasteiger charge is 2.32. The quantitative estimate of drug-likeness (QED) is 0.161. The fourth-order valence-corrected chi connectivity index (χ4v) is 5.94. The number of hydrogen-bond donors (Lipinski definition) is 6. The normalized spacial score (nSPS) is 17.3. The van der Waals surface area contributed by atoms with Gasteiger partial charge in [0.15, 0.2) is 5.96 Å². The van der Waals surface area contributed by atoms with Gasteiger partial charge in [-0.25, -0.2) is 13.2 Å². The van der Waals surface area contributed by atoms with E-state index in [0.29, 0.717) is 18.5 Å². The number of nitrogens with two attached hydrogens (primary N) is 1. The third-order valence-electron chi connectivity index (χ3n) is 6.80. The van der Waals surface area contributed by atoms with Gasteiger partial charge in [-0.2, -0.15) is 4.72 Å². The maximum atomic E-state index is 13.3. The number of hydrogen-bond acceptors (Lipinski definition) is 6. The van der Waals surface area contributed by atoms with Crippen LogP contribution in [0.5, 0.6) is 0 Å². The molecule has 1 heterocycles. The number of piperidine rings is 1. The number of carboxylic acids is 1. The number of sulfonamides is 1. The van der Waals surface area contributed by atoms with Gasteiger partial charge < -0.3 is 26.4 Å². The minimum atomic E-state index is -4.26. The molecule has 1 fully saturated rings. The van der Waals surface area contributed by atoms with E-state index < -0.39 is 46.3 Å². The van der Waals surface area contributed by atoms with Gasteiger partial charge in [0.2, 0.25) is 21.8 Å². The fourth-order valence-electron chi connectivity index (χ4n) is 4.71. The summed E-state index contributed by atoms with van der Waals surface area (Å²) in [6.45, 7) is 5.03. The molecule has 13 heteroatoms. The molecule has 2 amide bonds. The molecule has 0 spiro atoms. The van der Waals surface area contributed by atoms with Crippen LogP contribution in [0, 0.1) is 17.2 Å². The van der Waals surface area contributed by atoms with Gasteiger partial charge in [-0.1, -0.05) is 44.2 Å². The zero-order valence-electron chi connectivity index (χ0n) is 22.7. The first-order valence-electron chi connectivity index (χ1n) is 13.3. The summed E-state index contributed by atoms with van der Waals surface area (Å²) >= 11 is 0. The Labute approximate surface area is 234 Å². The number of nitrogens with zero attached hydrogens (tertiary/aromatic N) is 1. The second-order valence-corrected chi connectivity index (χ2v) is 12.3. The van der Waals surface area contributed by atoms with Crippen molar-refractivity contribution in [3.63, 3.8) is 0 Å². The van der Waals surface area contributed by atoms with Crippen LogP contribution in [-0.2, 0) is 24.4 Å². The fraction of sp³-hybridized carbons (Fsp3) is 0.481. The number of rotatable bonds is 12. The molecule has 3 rings (SSSR count). The van der Waals surface area contributed by atoms with Crippen molar-refractivity contribution in [1.82, 2.24) is 20.3 Å². The highest BCUT2D eigenvalue weighted by molar-refractivity contribution is 7.89. The summed E-state index contributed by atoms with van der Waals surface area (Å²) in [4.78, 5) is 39.4. The van der Waals surface area contributed by atoms with Gasteiger partial charge in [0, 0.05) is 19.6 Å². The van der Waals surface area contributed by atoms with Crippen molar-refractivity contribution < 1.29 is 27.9 Å². The van der Waals surface area contributed by atoms with Crippen LogP contribution in [0.25, 0.3) is 10.8 Å². The summed E-state index contributed by atoms with van der Waals surface area (Å²) in [6, 6.07) is 8.91. The summed E-state index contributed by atoms with van der Waals surface area (Å²) in [6.07, 6.45) is 1.22. The van der Waals surface area contributed by atoms with Gasteiger partial charge in [0.25, 0.3) is 0 Å². The van der Waals surface area contributed by atoms with E-state index in [1.807, 2.05) is 12.1 Å². The Morgan fingerprint density at radius 3 is 2.48 bits per heavy atom. The summed E-state index contributed by atoms with van der Waals surface area (Å²) in [5.74, 6) is -2.79. The molecule has 2 aromatic rings. The van der Waals surface area contributed by atoms with Crippen molar-refractivity contribution in [3.05, 3.63) is 42.5 Å². The second-order valence-electron chi connectivity index (χ2n) is 10.6. The van der Waals surface area contributed by atoms with Crippen LogP contribution >= 0.6 is 0 Å². The number of aliphatic carboxylic acids is 1. The molecule has 1 unspecified atom stereocenters. The van der Waals surface area contributed by atoms with E-state index in [1.54, 1.807) is 36.9 Å². The topological polar surface area (TPSA) is 195 Å². The molecule has 0 aliphatic carbocycles. The van der Waals surface area contributed by atoms with Crippen molar-refractivity contribution in [2.45, 2.75) is 56.5 Å². The Bertz CT molecular complexity index is 1350. The molecule has 0 bridgehead atoms. The Balaban J connectivity index is 1.77. The summed E-state index contributed by atoms with van der Waals surface area (Å²) in [5, 5.41) is 23.9. The van der Waals surface area contributed by atoms with Crippen molar-refractivity contribution in [2.24, 2.45) is 17.6 Å². The highest BCUT2D eigenvalue weighted by atomic mass is 32.2. The first-order valence-corrected chi connectivity index (χ1v) is 14.7. The lowest BCUT2D eigenvalue weighted by Crippen LogP contribution is -2.53. The molecule has 0 radical (unpaired) electrons. The molecule has 1 saturated heterocycles. The van der Waals surface area contributed by atoms with Crippen LogP contribution in [0.1, 0.15) is 39.5 Å². The third kappa shape index (κ3) is 8.65.